The van der Waals surface area contributed by atoms with Gasteiger partial charge in [0.2, 0.25) is 0 Å². The summed E-state index contributed by atoms with van der Waals surface area (Å²) >= 11 is 0. The Labute approximate surface area is 101 Å². The average Bonchev–Trinajstić information content (AvgIpc) is 2.84. The Morgan fingerprint density at radius 3 is 2.47 bits per heavy atom. The highest BCUT2D eigenvalue weighted by Crippen LogP contribution is 2.65. The Bertz CT molecular complexity index is 453. The highest BCUT2D eigenvalue weighted by molar-refractivity contribution is 5.88. The van der Waals surface area contributed by atoms with E-state index in [1.54, 1.807) is 25.1 Å². The second-order valence-corrected chi connectivity index (χ2v) is 5.17. The van der Waals surface area contributed by atoms with Gasteiger partial charge in [0.25, 0.3) is 0 Å². The van der Waals surface area contributed by atoms with Gasteiger partial charge < -0.3 is 4.74 Å². The van der Waals surface area contributed by atoms with Gasteiger partial charge in [-0.2, -0.15) is 0 Å². The van der Waals surface area contributed by atoms with Crippen LogP contribution in [-0.2, 0) is 14.9 Å². The van der Waals surface area contributed by atoms with Gasteiger partial charge in [-0.05, 0) is 24.8 Å². The van der Waals surface area contributed by atoms with Crippen LogP contribution in [0.4, 0.5) is 4.39 Å². The van der Waals surface area contributed by atoms with Crippen LogP contribution < -0.4 is 0 Å². The van der Waals surface area contributed by atoms with Crippen LogP contribution >= 0.6 is 0 Å². The fraction of sp³-hybridized carbons (Fsp3) is 0.500. The van der Waals surface area contributed by atoms with Gasteiger partial charge in [-0.1, -0.05) is 32.0 Å². The summed E-state index contributed by atoms with van der Waals surface area (Å²) in [5.74, 6) is -0.638. The molecule has 1 aromatic carbocycles. The van der Waals surface area contributed by atoms with Gasteiger partial charge in [-0.25, -0.2) is 4.39 Å². The Kier molecular flexibility index (Phi) is 2.72. The number of hydrogen-bond donors (Lipinski definition) is 0. The standard InChI is InChI=1S/C14H17FO2/c1-4-17-12(16)14(9-13(14,2)3)10-7-5-6-8-11(10)15/h5-8H,4,9H2,1-3H3. The van der Waals surface area contributed by atoms with E-state index >= 15 is 0 Å². The summed E-state index contributed by atoms with van der Waals surface area (Å²) < 4.78 is 19.0. The summed E-state index contributed by atoms with van der Waals surface area (Å²) in [6.07, 6.45) is 0.639. The first-order valence-corrected chi connectivity index (χ1v) is 5.88. The molecule has 0 N–H and O–H groups in total. The maximum absolute atomic E-state index is 13.9. The molecule has 17 heavy (non-hydrogen) atoms. The second kappa shape index (κ2) is 3.83. The molecule has 0 aromatic heterocycles. The molecule has 0 spiro atoms. The van der Waals surface area contributed by atoms with Crippen LogP contribution in [0.5, 0.6) is 0 Å². The third-order valence-corrected chi connectivity index (χ3v) is 3.69. The van der Waals surface area contributed by atoms with Crippen molar-refractivity contribution < 1.29 is 13.9 Å². The van der Waals surface area contributed by atoms with E-state index in [0.717, 1.165) is 0 Å². The van der Waals surface area contributed by atoms with Crippen LogP contribution in [-0.4, -0.2) is 12.6 Å². The zero-order valence-electron chi connectivity index (χ0n) is 10.4. The van der Waals surface area contributed by atoms with Crippen LogP contribution in [0.2, 0.25) is 0 Å². The first kappa shape index (κ1) is 12.1. The molecule has 0 bridgehead atoms. The largest absolute Gasteiger partial charge is 0.465 e. The lowest BCUT2D eigenvalue weighted by atomic mass is 9.87. The van der Waals surface area contributed by atoms with Crippen LogP contribution in [0.25, 0.3) is 0 Å². The fourth-order valence-electron chi connectivity index (χ4n) is 2.60. The van der Waals surface area contributed by atoms with Crippen LogP contribution in [0.15, 0.2) is 24.3 Å². The minimum absolute atomic E-state index is 0.235. The van der Waals surface area contributed by atoms with E-state index in [1.807, 2.05) is 13.8 Å². The fourth-order valence-corrected chi connectivity index (χ4v) is 2.60. The van der Waals surface area contributed by atoms with Crippen molar-refractivity contribution >= 4 is 5.97 Å². The van der Waals surface area contributed by atoms with Crippen LogP contribution in [0.3, 0.4) is 0 Å². The third-order valence-electron chi connectivity index (χ3n) is 3.69. The second-order valence-electron chi connectivity index (χ2n) is 5.17. The summed E-state index contributed by atoms with van der Waals surface area (Å²) in [4.78, 5) is 12.1. The lowest BCUT2D eigenvalue weighted by Crippen LogP contribution is -2.29. The quantitative estimate of drug-likeness (QED) is 0.754. The van der Waals surface area contributed by atoms with Crippen molar-refractivity contribution in [3.8, 4) is 0 Å². The van der Waals surface area contributed by atoms with Crippen LogP contribution in [0, 0.1) is 11.2 Å². The van der Waals surface area contributed by atoms with E-state index < -0.39 is 5.41 Å². The number of hydrogen-bond acceptors (Lipinski definition) is 2. The molecular formula is C14H17FO2. The number of ether oxygens (including phenoxy) is 1. The van der Waals surface area contributed by atoms with Crippen molar-refractivity contribution in [2.24, 2.45) is 5.41 Å². The Balaban J connectivity index is 2.45. The summed E-state index contributed by atoms with van der Waals surface area (Å²) in [7, 11) is 0. The van der Waals surface area contributed by atoms with Crippen molar-refractivity contribution in [2.75, 3.05) is 6.61 Å². The molecule has 1 unspecified atom stereocenters. The molecule has 3 heteroatoms. The van der Waals surface area contributed by atoms with Crippen molar-refractivity contribution in [1.82, 2.24) is 0 Å². The third kappa shape index (κ3) is 1.65. The van der Waals surface area contributed by atoms with E-state index in [9.17, 15) is 9.18 Å². The molecule has 1 aliphatic carbocycles. The summed E-state index contributed by atoms with van der Waals surface area (Å²) in [6, 6.07) is 6.46. The molecule has 1 fully saturated rings. The van der Waals surface area contributed by atoms with Gasteiger partial charge in [0, 0.05) is 5.56 Å². The van der Waals surface area contributed by atoms with Crippen molar-refractivity contribution in [2.45, 2.75) is 32.6 Å². The molecule has 0 heterocycles. The Morgan fingerprint density at radius 1 is 1.41 bits per heavy atom. The van der Waals surface area contributed by atoms with E-state index in [2.05, 4.69) is 0 Å². The van der Waals surface area contributed by atoms with E-state index in [-0.39, 0.29) is 17.2 Å². The van der Waals surface area contributed by atoms with Crippen LogP contribution in [0.1, 0.15) is 32.8 Å². The number of benzene rings is 1. The van der Waals surface area contributed by atoms with E-state index in [4.69, 9.17) is 4.74 Å². The van der Waals surface area contributed by atoms with Gasteiger partial charge in [0.1, 0.15) is 11.2 Å². The molecule has 1 aliphatic rings. The van der Waals surface area contributed by atoms with Crippen molar-refractivity contribution in [3.63, 3.8) is 0 Å². The summed E-state index contributed by atoms with van der Waals surface area (Å²) in [5.41, 5.74) is -0.570. The van der Waals surface area contributed by atoms with E-state index in [1.165, 1.54) is 6.07 Å². The normalized spacial score (nSPS) is 25.4. The lowest BCUT2D eigenvalue weighted by Gasteiger charge is -2.19. The average molecular weight is 236 g/mol. The molecule has 1 aromatic rings. The zero-order chi connectivity index (χ0) is 12.7. The minimum Gasteiger partial charge on any atom is -0.465 e. The number of esters is 1. The van der Waals surface area contributed by atoms with Gasteiger partial charge in [0.15, 0.2) is 0 Å². The highest BCUT2D eigenvalue weighted by atomic mass is 19.1. The van der Waals surface area contributed by atoms with Gasteiger partial charge >= 0.3 is 5.97 Å². The molecule has 0 amide bonds. The lowest BCUT2D eigenvalue weighted by molar-refractivity contribution is -0.147. The maximum atomic E-state index is 13.9. The number of halogens is 1. The van der Waals surface area contributed by atoms with Gasteiger partial charge in [0.05, 0.1) is 6.61 Å². The minimum atomic E-state index is -0.797. The number of carbonyl (C=O) groups is 1. The van der Waals surface area contributed by atoms with Crippen molar-refractivity contribution in [3.05, 3.63) is 35.6 Å². The number of rotatable bonds is 3. The molecule has 2 nitrogen and oxygen atoms in total. The molecule has 0 aliphatic heterocycles. The predicted molar refractivity (Wildman–Crippen MR) is 63.1 cm³/mol. The van der Waals surface area contributed by atoms with E-state index in [0.29, 0.717) is 18.6 Å². The smallest absolute Gasteiger partial charge is 0.317 e. The molecular weight excluding hydrogens is 219 g/mol. The molecule has 2 rings (SSSR count). The Morgan fingerprint density at radius 2 is 2.00 bits per heavy atom. The Hall–Kier alpha value is -1.38. The topological polar surface area (TPSA) is 26.3 Å². The highest BCUT2D eigenvalue weighted by Gasteiger charge is 2.69. The maximum Gasteiger partial charge on any atom is 0.317 e. The summed E-state index contributed by atoms with van der Waals surface area (Å²) in [6.45, 7) is 6.03. The summed E-state index contributed by atoms with van der Waals surface area (Å²) in [5, 5.41) is 0. The SMILES string of the molecule is CCOC(=O)C1(c2ccccc2F)CC1(C)C. The molecule has 1 saturated carbocycles. The first-order chi connectivity index (χ1) is 7.95. The molecule has 1 atom stereocenters. The predicted octanol–water partition coefficient (Wildman–Crippen LogP) is 3.06. The molecule has 0 radical (unpaired) electrons. The first-order valence-electron chi connectivity index (χ1n) is 5.88. The molecule has 0 saturated heterocycles. The zero-order valence-corrected chi connectivity index (χ0v) is 10.4. The van der Waals surface area contributed by atoms with Gasteiger partial charge in [-0.15, -0.1) is 0 Å². The van der Waals surface area contributed by atoms with Crippen molar-refractivity contribution in [1.29, 1.82) is 0 Å². The monoisotopic (exact) mass is 236 g/mol. The number of carbonyl (C=O) groups excluding carboxylic acids is 1. The van der Waals surface area contributed by atoms with Gasteiger partial charge in [-0.3, -0.25) is 4.79 Å². The molecule has 92 valence electrons.